The minimum atomic E-state index is 0.238. The summed E-state index contributed by atoms with van der Waals surface area (Å²) in [4.78, 5) is 16.4. The molecular formula is C20H25NO. The van der Waals surface area contributed by atoms with Crippen LogP contribution in [0.25, 0.3) is 0 Å². The first-order valence-corrected chi connectivity index (χ1v) is 9.50. The molecule has 9 bridgehead atoms. The van der Waals surface area contributed by atoms with Gasteiger partial charge in [-0.15, -0.1) is 0 Å². The third kappa shape index (κ3) is 0.800. The molecule has 4 unspecified atom stereocenters. The first kappa shape index (κ1) is 11.8. The molecule has 0 radical (unpaired) electrons. The number of nitrogens with zero attached hydrogens (tertiary/aromatic N) is 1. The molecule has 0 aromatic heterocycles. The highest BCUT2D eigenvalue weighted by atomic mass is 16.1. The average molecular weight is 295 g/mol. The van der Waals surface area contributed by atoms with Crippen LogP contribution in [0.5, 0.6) is 0 Å². The first-order valence-electron chi connectivity index (χ1n) is 9.50. The van der Waals surface area contributed by atoms with Gasteiger partial charge in [0, 0.05) is 35.9 Å². The summed E-state index contributed by atoms with van der Waals surface area (Å²) in [5.74, 6) is 2.98. The molecule has 6 saturated carbocycles. The predicted molar refractivity (Wildman–Crippen MR) is 83.1 cm³/mol. The molecule has 9 fully saturated rings. The third-order valence-corrected chi connectivity index (χ3v) is 9.94. The molecule has 9 rings (SSSR count). The van der Waals surface area contributed by atoms with Crippen molar-refractivity contribution in [3.05, 3.63) is 12.2 Å². The highest BCUT2D eigenvalue weighted by Crippen LogP contribution is 2.86. The zero-order valence-electron chi connectivity index (χ0n) is 13.5. The largest absolute Gasteiger partial charge is 0.299 e. The highest BCUT2D eigenvalue weighted by Gasteiger charge is 2.88. The van der Waals surface area contributed by atoms with Gasteiger partial charge in [-0.2, -0.15) is 0 Å². The van der Waals surface area contributed by atoms with E-state index < -0.39 is 0 Å². The van der Waals surface area contributed by atoms with Crippen LogP contribution in [-0.4, -0.2) is 29.3 Å². The molecule has 3 aliphatic heterocycles. The topological polar surface area (TPSA) is 20.3 Å². The van der Waals surface area contributed by atoms with Gasteiger partial charge in [0.05, 0.1) is 0 Å². The summed E-state index contributed by atoms with van der Waals surface area (Å²) in [5.41, 5.74) is 2.57. The molecule has 116 valence electrons. The molecule has 2 spiro atoms. The van der Waals surface area contributed by atoms with E-state index in [2.05, 4.69) is 18.4 Å². The highest BCUT2D eigenvalue weighted by molar-refractivity contribution is 5.91. The van der Waals surface area contributed by atoms with Crippen LogP contribution in [0.3, 0.4) is 0 Å². The summed E-state index contributed by atoms with van der Waals surface area (Å²) in [7, 11) is 0. The summed E-state index contributed by atoms with van der Waals surface area (Å²) in [6.45, 7) is 8.24. The lowest BCUT2D eigenvalue weighted by atomic mass is 9.41. The van der Waals surface area contributed by atoms with Crippen molar-refractivity contribution < 1.29 is 4.79 Å². The zero-order valence-corrected chi connectivity index (χ0v) is 13.5. The molecule has 6 aliphatic carbocycles. The van der Waals surface area contributed by atoms with Crippen LogP contribution in [0.4, 0.5) is 0 Å². The zero-order chi connectivity index (χ0) is 14.6. The van der Waals surface area contributed by atoms with Gasteiger partial charge in [0.2, 0.25) is 0 Å². The van der Waals surface area contributed by atoms with E-state index in [0.29, 0.717) is 27.9 Å². The molecule has 2 nitrogen and oxygen atoms in total. The number of ketones is 1. The lowest BCUT2D eigenvalue weighted by molar-refractivity contribution is -0.159. The third-order valence-electron chi connectivity index (χ3n) is 9.94. The van der Waals surface area contributed by atoms with E-state index in [1.54, 1.807) is 0 Å². The van der Waals surface area contributed by atoms with Crippen molar-refractivity contribution in [1.29, 1.82) is 0 Å². The Hall–Kier alpha value is -0.630. The Balaban J connectivity index is 1.55. The van der Waals surface area contributed by atoms with Crippen molar-refractivity contribution in [1.82, 2.24) is 4.90 Å². The Morgan fingerprint density at radius 2 is 2.18 bits per heavy atom. The van der Waals surface area contributed by atoms with Crippen LogP contribution in [0.1, 0.15) is 45.4 Å². The molecule has 3 heterocycles. The molecule has 9 aliphatic rings. The van der Waals surface area contributed by atoms with Crippen molar-refractivity contribution in [3.63, 3.8) is 0 Å². The average Bonchev–Trinajstić information content (AvgIpc) is 2.87. The van der Waals surface area contributed by atoms with Gasteiger partial charge in [0.25, 0.3) is 0 Å². The maximum absolute atomic E-state index is 13.4. The van der Waals surface area contributed by atoms with Gasteiger partial charge in [-0.05, 0) is 54.8 Å². The van der Waals surface area contributed by atoms with Crippen LogP contribution in [0.15, 0.2) is 12.2 Å². The van der Waals surface area contributed by atoms with Gasteiger partial charge < -0.3 is 0 Å². The summed E-state index contributed by atoms with van der Waals surface area (Å²) >= 11 is 0. The van der Waals surface area contributed by atoms with Crippen LogP contribution >= 0.6 is 0 Å². The fourth-order valence-corrected chi connectivity index (χ4v) is 10.2. The fraction of sp³-hybridized carbons (Fsp3) is 0.850. The number of piperidine rings is 2. The Kier molecular flexibility index (Phi) is 1.56. The van der Waals surface area contributed by atoms with E-state index in [1.807, 2.05) is 0 Å². The van der Waals surface area contributed by atoms with Crippen molar-refractivity contribution in [2.24, 2.45) is 39.9 Å². The number of fused-ring (bicyclic) bond motifs is 1. The van der Waals surface area contributed by atoms with Crippen LogP contribution in [0.2, 0.25) is 0 Å². The summed E-state index contributed by atoms with van der Waals surface area (Å²) < 4.78 is 0. The number of hydrogen-bond donors (Lipinski definition) is 0. The minimum Gasteiger partial charge on any atom is -0.299 e. The maximum atomic E-state index is 13.4. The monoisotopic (exact) mass is 295 g/mol. The lowest BCUT2D eigenvalue weighted by Gasteiger charge is -2.61. The molecular weight excluding hydrogens is 270 g/mol. The van der Waals surface area contributed by atoms with Crippen molar-refractivity contribution >= 4 is 5.78 Å². The first-order chi connectivity index (χ1) is 10.5. The van der Waals surface area contributed by atoms with Crippen molar-refractivity contribution in [2.45, 2.75) is 57.5 Å². The quantitative estimate of drug-likeness (QED) is 0.640. The Labute approximate surface area is 132 Å². The van der Waals surface area contributed by atoms with Crippen LogP contribution in [-0.2, 0) is 4.79 Å². The van der Waals surface area contributed by atoms with Crippen molar-refractivity contribution in [2.75, 3.05) is 6.54 Å². The molecule has 0 aromatic rings. The second-order valence-electron chi connectivity index (χ2n) is 10.3. The van der Waals surface area contributed by atoms with Crippen LogP contribution in [0, 0.1) is 39.9 Å². The Morgan fingerprint density at radius 1 is 1.32 bits per heavy atom. The molecule has 0 amide bonds. The number of allylic oxidation sites excluding steroid dienone is 1. The number of hydrogen-bond acceptors (Lipinski definition) is 2. The van der Waals surface area contributed by atoms with E-state index in [0.717, 1.165) is 30.3 Å². The van der Waals surface area contributed by atoms with E-state index in [9.17, 15) is 4.79 Å². The Morgan fingerprint density at radius 3 is 3.05 bits per heavy atom. The fourth-order valence-electron chi connectivity index (χ4n) is 10.2. The molecule has 3 saturated heterocycles. The van der Waals surface area contributed by atoms with E-state index in [1.165, 1.54) is 44.2 Å². The van der Waals surface area contributed by atoms with Gasteiger partial charge in [-0.1, -0.05) is 25.5 Å². The molecule has 0 aromatic carbocycles. The second-order valence-corrected chi connectivity index (χ2v) is 10.3. The standard InChI is InChI=1S/C20H25NO/c1-10-7-19-8-13-15-18(2)4-3-5-20(15)16(19)14(22)11(10)6-12(19)17(20)21(13)9-18/h11-13,15-17H,1,3-9H2,2H3/t11-,12-,13+,15-,16-,17?,18+,19?,20?/m1/s1. The number of carbonyl (C=O) groups excluding carboxylic acids is 1. The van der Waals surface area contributed by atoms with E-state index >= 15 is 0 Å². The smallest absolute Gasteiger partial charge is 0.144 e. The number of rotatable bonds is 0. The summed E-state index contributed by atoms with van der Waals surface area (Å²) in [5, 5.41) is 0. The van der Waals surface area contributed by atoms with Gasteiger partial charge in [0.1, 0.15) is 5.78 Å². The SMILES string of the molecule is C=C1CC23C[C@H]4[C@H]5C67CCC[C@@]5(C)CN4C6[C@H]2C[C@H]1C(=O)[C@H]37. The molecule has 22 heavy (non-hydrogen) atoms. The summed E-state index contributed by atoms with van der Waals surface area (Å²) in [6.07, 6.45) is 7.84. The van der Waals surface area contributed by atoms with Gasteiger partial charge >= 0.3 is 0 Å². The van der Waals surface area contributed by atoms with Gasteiger partial charge in [0.15, 0.2) is 0 Å². The van der Waals surface area contributed by atoms with Gasteiger partial charge in [-0.25, -0.2) is 0 Å². The van der Waals surface area contributed by atoms with Gasteiger partial charge in [-0.3, -0.25) is 9.69 Å². The van der Waals surface area contributed by atoms with Crippen LogP contribution < -0.4 is 0 Å². The maximum Gasteiger partial charge on any atom is 0.144 e. The molecule has 2 heteroatoms. The minimum absolute atomic E-state index is 0.238. The second kappa shape index (κ2) is 2.90. The van der Waals surface area contributed by atoms with E-state index in [-0.39, 0.29) is 5.92 Å². The van der Waals surface area contributed by atoms with E-state index in [4.69, 9.17) is 0 Å². The summed E-state index contributed by atoms with van der Waals surface area (Å²) in [6, 6.07) is 1.59. The predicted octanol–water partition coefficient (Wildman–Crippen LogP) is 3.03. The number of Topliss-reactive ketones (excluding diaryl/α,β-unsaturated/α-hetero) is 1. The molecule has 10 atom stereocenters. The molecule has 0 N–H and O–H groups in total. The van der Waals surface area contributed by atoms with Crippen molar-refractivity contribution in [3.8, 4) is 0 Å². The lowest BCUT2D eigenvalue weighted by Crippen LogP contribution is -2.62. The Bertz CT molecular complexity index is 683. The normalized spacial score (nSPS) is 71.8. The number of carbonyl (C=O) groups is 1.